The van der Waals surface area contributed by atoms with Crippen LogP contribution in [-0.4, -0.2) is 32.8 Å². The molecule has 3 aromatic rings. The minimum Gasteiger partial charge on any atom is -0.369 e. The van der Waals surface area contributed by atoms with Crippen molar-refractivity contribution in [3.05, 3.63) is 66.1 Å². The van der Waals surface area contributed by atoms with Crippen molar-refractivity contribution in [3.8, 4) is 0 Å². The molecular formula is C17H18N6O. The fraction of sp³-hybridized carbons (Fsp3) is 0.176. The van der Waals surface area contributed by atoms with Crippen molar-refractivity contribution in [2.24, 2.45) is 0 Å². The summed E-state index contributed by atoms with van der Waals surface area (Å²) >= 11 is 0. The molecular weight excluding hydrogens is 304 g/mol. The molecule has 122 valence electrons. The molecule has 0 spiro atoms. The highest BCUT2D eigenvalue weighted by Crippen LogP contribution is 2.08. The van der Waals surface area contributed by atoms with Crippen molar-refractivity contribution >= 4 is 17.4 Å². The number of hydrogen-bond acceptors (Lipinski definition) is 5. The van der Waals surface area contributed by atoms with Gasteiger partial charge in [-0.2, -0.15) is 5.10 Å². The highest BCUT2D eigenvalue weighted by Gasteiger charge is 2.08. The van der Waals surface area contributed by atoms with Crippen molar-refractivity contribution in [2.45, 2.75) is 12.8 Å². The number of rotatable bonds is 7. The van der Waals surface area contributed by atoms with Gasteiger partial charge in [0.1, 0.15) is 5.82 Å². The van der Waals surface area contributed by atoms with Crippen LogP contribution < -0.4 is 10.6 Å². The van der Waals surface area contributed by atoms with E-state index in [2.05, 4.69) is 31.0 Å². The van der Waals surface area contributed by atoms with Gasteiger partial charge in [-0.1, -0.05) is 18.2 Å². The first-order chi connectivity index (χ1) is 11.8. The summed E-state index contributed by atoms with van der Waals surface area (Å²) in [6, 6.07) is 14.6. The molecule has 0 fully saturated rings. The number of benzene rings is 1. The Bertz CT molecular complexity index is 756. The molecule has 2 aromatic heterocycles. The number of carbonyl (C=O) groups is 1. The van der Waals surface area contributed by atoms with Gasteiger partial charge >= 0.3 is 0 Å². The molecule has 3 rings (SSSR count). The van der Waals surface area contributed by atoms with Crippen molar-refractivity contribution in [1.82, 2.24) is 20.4 Å². The Balaban J connectivity index is 1.47. The summed E-state index contributed by atoms with van der Waals surface area (Å²) < 4.78 is 0. The predicted octanol–water partition coefficient (Wildman–Crippen LogP) is 2.50. The molecule has 2 heterocycles. The first-order valence-corrected chi connectivity index (χ1v) is 7.73. The third-order valence-electron chi connectivity index (χ3n) is 3.42. The van der Waals surface area contributed by atoms with Gasteiger partial charge < -0.3 is 10.6 Å². The maximum absolute atomic E-state index is 12.1. The smallest absolute Gasteiger partial charge is 0.276 e. The molecule has 7 heteroatoms. The molecule has 0 unspecified atom stereocenters. The summed E-state index contributed by atoms with van der Waals surface area (Å²) in [6.45, 7) is 0.767. The zero-order valence-corrected chi connectivity index (χ0v) is 13.1. The van der Waals surface area contributed by atoms with Gasteiger partial charge in [-0.3, -0.25) is 9.89 Å². The lowest BCUT2D eigenvalue weighted by molar-refractivity contribution is 0.102. The fourth-order valence-corrected chi connectivity index (χ4v) is 2.18. The Labute approximate surface area is 139 Å². The Morgan fingerprint density at radius 3 is 2.62 bits per heavy atom. The maximum atomic E-state index is 12.1. The van der Waals surface area contributed by atoms with Gasteiger partial charge in [-0.15, -0.1) is 10.2 Å². The number of aromatic nitrogens is 4. The van der Waals surface area contributed by atoms with Crippen LogP contribution in [0.5, 0.6) is 0 Å². The Morgan fingerprint density at radius 2 is 1.92 bits per heavy atom. The molecule has 0 atom stereocenters. The molecule has 0 saturated carbocycles. The molecule has 1 amide bonds. The summed E-state index contributed by atoms with van der Waals surface area (Å²) in [7, 11) is 0. The van der Waals surface area contributed by atoms with Crippen LogP contribution in [0.1, 0.15) is 22.6 Å². The van der Waals surface area contributed by atoms with Gasteiger partial charge in [-0.05, 0) is 43.2 Å². The fourth-order valence-electron chi connectivity index (χ4n) is 2.18. The summed E-state index contributed by atoms with van der Waals surface area (Å²) in [5, 5.41) is 20.8. The molecule has 3 N–H and O–H groups in total. The number of anilines is 2. The summed E-state index contributed by atoms with van der Waals surface area (Å²) in [6.07, 6.45) is 3.60. The standard InChI is InChI=1S/C17H18N6O/c24-17(20-13-5-2-1-3-6-13)15-8-9-16(23-22-15)18-11-4-7-14-10-12-19-21-14/h1-3,5-6,8-10,12H,4,7,11H2,(H,18,23)(H,19,21)(H,20,24). The second kappa shape index (κ2) is 7.87. The molecule has 0 bridgehead atoms. The predicted molar refractivity (Wildman–Crippen MR) is 91.8 cm³/mol. The quantitative estimate of drug-likeness (QED) is 0.581. The molecule has 0 aliphatic carbocycles. The number of nitrogens with one attached hydrogen (secondary N) is 3. The third-order valence-corrected chi connectivity index (χ3v) is 3.42. The van der Waals surface area contributed by atoms with E-state index in [-0.39, 0.29) is 11.6 Å². The molecule has 0 radical (unpaired) electrons. The number of para-hydroxylation sites is 1. The Hall–Kier alpha value is -3.22. The monoisotopic (exact) mass is 322 g/mol. The van der Waals surface area contributed by atoms with Crippen LogP contribution in [0.25, 0.3) is 0 Å². The van der Waals surface area contributed by atoms with Gasteiger partial charge in [0, 0.05) is 24.1 Å². The van der Waals surface area contributed by atoms with Gasteiger partial charge in [0.05, 0.1) is 0 Å². The lowest BCUT2D eigenvalue weighted by Gasteiger charge is -2.06. The first-order valence-electron chi connectivity index (χ1n) is 7.73. The van der Waals surface area contributed by atoms with E-state index in [4.69, 9.17) is 0 Å². The molecule has 0 aliphatic heterocycles. The zero-order valence-electron chi connectivity index (χ0n) is 13.1. The van der Waals surface area contributed by atoms with Crippen molar-refractivity contribution in [3.63, 3.8) is 0 Å². The van der Waals surface area contributed by atoms with Crippen LogP contribution in [-0.2, 0) is 6.42 Å². The van der Waals surface area contributed by atoms with Gasteiger partial charge in [0.2, 0.25) is 0 Å². The number of carbonyl (C=O) groups excluding carboxylic acids is 1. The number of aryl methyl sites for hydroxylation is 1. The number of hydrogen-bond donors (Lipinski definition) is 3. The van der Waals surface area contributed by atoms with Crippen molar-refractivity contribution in [1.29, 1.82) is 0 Å². The summed E-state index contributed by atoms with van der Waals surface area (Å²) in [5.74, 6) is 0.371. The molecule has 0 saturated heterocycles. The first kappa shape index (κ1) is 15.7. The topological polar surface area (TPSA) is 95.6 Å². The molecule has 1 aromatic carbocycles. The Morgan fingerprint density at radius 1 is 1.04 bits per heavy atom. The third kappa shape index (κ3) is 4.39. The van der Waals surface area contributed by atoms with E-state index in [0.29, 0.717) is 5.82 Å². The van der Waals surface area contributed by atoms with Crippen LogP contribution in [0.15, 0.2) is 54.7 Å². The maximum Gasteiger partial charge on any atom is 0.276 e. The number of nitrogens with zero attached hydrogens (tertiary/aromatic N) is 3. The highest BCUT2D eigenvalue weighted by atomic mass is 16.1. The summed E-state index contributed by atoms with van der Waals surface area (Å²) in [5.41, 5.74) is 2.11. The normalized spacial score (nSPS) is 10.3. The van der Waals surface area contributed by atoms with Crippen LogP contribution >= 0.6 is 0 Å². The molecule has 0 aliphatic rings. The second-order valence-electron chi connectivity index (χ2n) is 5.24. The minimum atomic E-state index is -0.278. The van der Waals surface area contributed by atoms with Crippen LogP contribution in [0, 0.1) is 0 Å². The lowest BCUT2D eigenvalue weighted by Crippen LogP contribution is -2.15. The van der Waals surface area contributed by atoms with E-state index in [0.717, 1.165) is 30.8 Å². The highest BCUT2D eigenvalue weighted by molar-refractivity contribution is 6.02. The largest absolute Gasteiger partial charge is 0.369 e. The van der Waals surface area contributed by atoms with Crippen molar-refractivity contribution < 1.29 is 4.79 Å². The number of aromatic amines is 1. The molecule has 24 heavy (non-hydrogen) atoms. The second-order valence-corrected chi connectivity index (χ2v) is 5.24. The molecule has 7 nitrogen and oxygen atoms in total. The van der Waals surface area contributed by atoms with Crippen LogP contribution in [0.2, 0.25) is 0 Å². The van der Waals surface area contributed by atoms with E-state index in [1.165, 1.54) is 0 Å². The number of H-pyrrole nitrogens is 1. The zero-order chi connectivity index (χ0) is 16.6. The van der Waals surface area contributed by atoms with Gasteiger partial charge in [0.15, 0.2) is 5.69 Å². The van der Waals surface area contributed by atoms with Gasteiger partial charge in [-0.25, -0.2) is 0 Å². The van der Waals surface area contributed by atoms with E-state index in [9.17, 15) is 4.79 Å². The average molecular weight is 322 g/mol. The van der Waals surface area contributed by atoms with E-state index >= 15 is 0 Å². The van der Waals surface area contributed by atoms with E-state index < -0.39 is 0 Å². The van der Waals surface area contributed by atoms with Crippen LogP contribution in [0.3, 0.4) is 0 Å². The van der Waals surface area contributed by atoms with Crippen LogP contribution in [0.4, 0.5) is 11.5 Å². The van der Waals surface area contributed by atoms with E-state index in [1.54, 1.807) is 18.3 Å². The summed E-state index contributed by atoms with van der Waals surface area (Å²) in [4.78, 5) is 12.1. The average Bonchev–Trinajstić information content (AvgIpc) is 3.13. The SMILES string of the molecule is O=C(Nc1ccccc1)c1ccc(NCCCc2ccn[nH]2)nn1. The number of amides is 1. The van der Waals surface area contributed by atoms with E-state index in [1.807, 2.05) is 36.4 Å². The lowest BCUT2D eigenvalue weighted by atomic mass is 10.2. The minimum absolute atomic E-state index is 0.278. The Kier molecular flexibility index (Phi) is 5.14. The van der Waals surface area contributed by atoms with Crippen molar-refractivity contribution in [2.75, 3.05) is 17.2 Å². The van der Waals surface area contributed by atoms with Gasteiger partial charge in [0.25, 0.3) is 5.91 Å².